The molecule has 0 amide bonds. The number of thioether (sulfide) groups is 1. The largest absolute Gasteiger partial charge is 0.466 e. The van der Waals surface area contributed by atoms with Gasteiger partial charge in [0, 0.05) is 24.3 Å². The van der Waals surface area contributed by atoms with E-state index in [1.54, 1.807) is 0 Å². The summed E-state index contributed by atoms with van der Waals surface area (Å²) in [5.74, 6) is 1.96. The summed E-state index contributed by atoms with van der Waals surface area (Å²) in [4.78, 5) is 15.9. The molecular weight excluding hydrogens is 286 g/mol. The molecule has 1 rings (SSSR count). The number of guanidine groups is 1. The first-order chi connectivity index (χ1) is 10.1. The van der Waals surface area contributed by atoms with Gasteiger partial charge in [-0.3, -0.25) is 9.79 Å². The molecule has 2 N–H and O–H groups in total. The van der Waals surface area contributed by atoms with E-state index in [0.717, 1.165) is 32.0 Å². The fourth-order valence-corrected chi connectivity index (χ4v) is 3.45. The zero-order valence-corrected chi connectivity index (χ0v) is 14.4. The highest BCUT2D eigenvalue weighted by atomic mass is 32.2. The van der Waals surface area contributed by atoms with Gasteiger partial charge in [-0.05, 0) is 45.8 Å². The molecule has 0 saturated carbocycles. The summed E-state index contributed by atoms with van der Waals surface area (Å²) in [6.45, 7) is 9.04. The van der Waals surface area contributed by atoms with Crippen molar-refractivity contribution in [2.75, 3.05) is 32.0 Å². The molecule has 6 heteroatoms. The standard InChI is InChI=1S/C15H29N3O2S/c1-4-16-14(17-10-6-8-13(19)20-5-2)18-12-15(3)9-7-11-21-15/h4-12H2,1-3H3,(H2,16,17,18). The lowest BCUT2D eigenvalue weighted by atomic mass is 10.1. The molecule has 0 spiro atoms. The summed E-state index contributed by atoms with van der Waals surface area (Å²) in [6, 6.07) is 0. The molecule has 0 radical (unpaired) electrons. The second kappa shape index (κ2) is 9.92. The van der Waals surface area contributed by atoms with Crippen LogP contribution in [0.1, 0.15) is 46.5 Å². The number of rotatable bonds is 8. The average Bonchev–Trinajstić information content (AvgIpc) is 2.88. The Morgan fingerprint density at radius 3 is 2.81 bits per heavy atom. The van der Waals surface area contributed by atoms with Crippen molar-refractivity contribution in [1.29, 1.82) is 0 Å². The van der Waals surface area contributed by atoms with Crippen LogP contribution in [0.2, 0.25) is 0 Å². The molecule has 0 aliphatic carbocycles. The van der Waals surface area contributed by atoms with E-state index in [2.05, 4.69) is 29.5 Å². The number of hydrogen-bond acceptors (Lipinski definition) is 4. The van der Waals surface area contributed by atoms with Crippen molar-refractivity contribution in [2.24, 2.45) is 4.99 Å². The van der Waals surface area contributed by atoms with Gasteiger partial charge < -0.3 is 15.4 Å². The lowest BCUT2D eigenvalue weighted by molar-refractivity contribution is -0.143. The third-order valence-electron chi connectivity index (χ3n) is 3.37. The topological polar surface area (TPSA) is 62.7 Å². The third kappa shape index (κ3) is 7.60. The summed E-state index contributed by atoms with van der Waals surface area (Å²) in [7, 11) is 0. The maximum atomic E-state index is 11.3. The fourth-order valence-electron chi connectivity index (χ4n) is 2.22. The second-order valence-corrected chi connectivity index (χ2v) is 7.11. The zero-order valence-electron chi connectivity index (χ0n) is 13.5. The van der Waals surface area contributed by atoms with Crippen molar-refractivity contribution in [2.45, 2.75) is 51.2 Å². The van der Waals surface area contributed by atoms with Crippen molar-refractivity contribution in [3.05, 3.63) is 0 Å². The minimum absolute atomic E-state index is 0.129. The molecule has 0 aromatic heterocycles. The van der Waals surface area contributed by atoms with E-state index in [-0.39, 0.29) is 10.7 Å². The minimum Gasteiger partial charge on any atom is -0.466 e. The number of carbonyl (C=O) groups excluding carboxylic acids is 1. The SMILES string of the molecule is CCNC(=NCC1(C)CCCS1)NCCCC(=O)OCC. The predicted octanol–water partition coefficient (Wildman–Crippen LogP) is 2.17. The van der Waals surface area contributed by atoms with Gasteiger partial charge in [-0.25, -0.2) is 0 Å². The van der Waals surface area contributed by atoms with Crippen LogP contribution in [0, 0.1) is 0 Å². The van der Waals surface area contributed by atoms with E-state index in [9.17, 15) is 4.79 Å². The molecule has 1 fully saturated rings. The highest BCUT2D eigenvalue weighted by Gasteiger charge is 2.29. The van der Waals surface area contributed by atoms with E-state index in [1.165, 1.54) is 18.6 Å². The monoisotopic (exact) mass is 315 g/mol. The lowest BCUT2D eigenvalue weighted by Gasteiger charge is -2.21. The van der Waals surface area contributed by atoms with Crippen LogP contribution in [0.15, 0.2) is 4.99 Å². The Balaban J connectivity index is 2.30. The first-order valence-electron chi connectivity index (χ1n) is 7.91. The quantitative estimate of drug-likeness (QED) is 0.311. The van der Waals surface area contributed by atoms with Crippen molar-refractivity contribution in [3.8, 4) is 0 Å². The number of carbonyl (C=O) groups is 1. The van der Waals surface area contributed by atoms with Crippen molar-refractivity contribution in [1.82, 2.24) is 10.6 Å². The highest BCUT2D eigenvalue weighted by Crippen LogP contribution is 2.37. The van der Waals surface area contributed by atoms with Gasteiger partial charge in [-0.15, -0.1) is 0 Å². The molecule has 1 unspecified atom stereocenters. The van der Waals surface area contributed by atoms with Gasteiger partial charge in [0.1, 0.15) is 0 Å². The number of nitrogens with one attached hydrogen (secondary N) is 2. The van der Waals surface area contributed by atoms with Crippen LogP contribution < -0.4 is 10.6 Å². The predicted molar refractivity (Wildman–Crippen MR) is 89.9 cm³/mol. The Morgan fingerprint density at radius 2 is 2.19 bits per heavy atom. The molecule has 0 bridgehead atoms. The van der Waals surface area contributed by atoms with Gasteiger partial charge >= 0.3 is 5.97 Å². The normalized spacial score (nSPS) is 22.1. The third-order valence-corrected chi connectivity index (χ3v) is 4.89. The number of esters is 1. The van der Waals surface area contributed by atoms with Crippen LogP contribution in [0.4, 0.5) is 0 Å². The maximum Gasteiger partial charge on any atom is 0.305 e. The molecule has 1 aliphatic heterocycles. The van der Waals surface area contributed by atoms with Gasteiger partial charge in [-0.1, -0.05) is 0 Å². The van der Waals surface area contributed by atoms with Gasteiger partial charge in [-0.2, -0.15) is 11.8 Å². The fraction of sp³-hybridized carbons (Fsp3) is 0.867. The van der Waals surface area contributed by atoms with Crippen molar-refractivity contribution in [3.63, 3.8) is 0 Å². The Morgan fingerprint density at radius 1 is 1.38 bits per heavy atom. The van der Waals surface area contributed by atoms with Crippen LogP contribution in [0.5, 0.6) is 0 Å². The molecule has 1 saturated heterocycles. The van der Waals surface area contributed by atoms with Crippen LogP contribution in [0.25, 0.3) is 0 Å². The highest BCUT2D eigenvalue weighted by molar-refractivity contribution is 8.00. The lowest BCUT2D eigenvalue weighted by Crippen LogP contribution is -2.39. The van der Waals surface area contributed by atoms with Crippen LogP contribution in [0.3, 0.4) is 0 Å². The molecule has 1 atom stereocenters. The van der Waals surface area contributed by atoms with E-state index in [1.807, 2.05) is 18.7 Å². The van der Waals surface area contributed by atoms with Gasteiger partial charge in [0.15, 0.2) is 5.96 Å². The first-order valence-corrected chi connectivity index (χ1v) is 8.90. The Labute approximate surface area is 132 Å². The Bertz CT molecular complexity index is 342. The summed E-state index contributed by atoms with van der Waals surface area (Å²) in [5.41, 5.74) is 0. The molecular formula is C15H29N3O2S. The minimum atomic E-state index is -0.129. The Hall–Kier alpha value is -0.910. The second-order valence-electron chi connectivity index (χ2n) is 5.43. The van der Waals surface area contributed by atoms with E-state index < -0.39 is 0 Å². The van der Waals surface area contributed by atoms with Gasteiger partial charge in [0.2, 0.25) is 0 Å². The van der Waals surface area contributed by atoms with Crippen molar-refractivity contribution < 1.29 is 9.53 Å². The zero-order chi connectivity index (χ0) is 15.6. The summed E-state index contributed by atoms with van der Waals surface area (Å²) in [5, 5.41) is 6.53. The van der Waals surface area contributed by atoms with Crippen molar-refractivity contribution >= 4 is 23.7 Å². The molecule has 21 heavy (non-hydrogen) atoms. The average molecular weight is 315 g/mol. The van der Waals surface area contributed by atoms with E-state index >= 15 is 0 Å². The number of aliphatic imine (C=N–C) groups is 1. The van der Waals surface area contributed by atoms with Crippen LogP contribution >= 0.6 is 11.8 Å². The maximum absolute atomic E-state index is 11.3. The van der Waals surface area contributed by atoms with Crippen LogP contribution in [-0.2, 0) is 9.53 Å². The summed E-state index contributed by atoms with van der Waals surface area (Å²) >= 11 is 2.02. The molecule has 0 aromatic rings. The first kappa shape index (κ1) is 18.1. The van der Waals surface area contributed by atoms with Crippen LogP contribution in [-0.4, -0.2) is 48.7 Å². The Kier molecular flexibility index (Phi) is 8.57. The van der Waals surface area contributed by atoms with Gasteiger partial charge in [0.05, 0.1) is 13.2 Å². The van der Waals surface area contributed by atoms with Gasteiger partial charge in [0.25, 0.3) is 0 Å². The summed E-state index contributed by atoms with van der Waals surface area (Å²) < 4.78 is 5.19. The smallest absolute Gasteiger partial charge is 0.305 e. The number of nitrogens with zero attached hydrogens (tertiary/aromatic N) is 1. The molecule has 122 valence electrons. The molecule has 5 nitrogen and oxygen atoms in total. The van der Waals surface area contributed by atoms with E-state index in [0.29, 0.717) is 13.0 Å². The number of hydrogen-bond donors (Lipinski definition) is 2. The molecule has 1 aliphatic rings. The van der Waals surface area contributed by atoms with E-state index in [4.69, 9.17) is 4.74 Å². The summed E-state index contributed by atoms with van der Waals surface area (Å²) in [6.07, 6.45) is 3.74. The molecule has 1 heterocycles. The molecule has 0 aromatic carbocycles. The number of ether oxygens (including phenoxy) is 1.